The summed E-state index contributed by atoms with van der Waals surface area (Å²) in [7, 11) is 0. The van der Waals surface area contributed by atoms with Crippen LogP contribution >= 0.6 is 0 Å². The minimum atomic E-state index is -0.828. The number of esters is 1. The molecule has 0 aromatic heterocycles. The maximum absolute atomic E-state index is 12.0. The van der Waals surface area contributed by atoms with Gasteiger partial charge in [0.25, 0.3) is 17.3 Å². The number of ether oxygens (including phenoxy) is 1. The van der Waals surface area contributed by atoms with E-state index in [9.17, 15) is 29.8 Å². The van der Waals surface area contributed by atoms with E-state index in [4.69, 9.17) is 4.74 Å². The van der Waals surface area contributed by atoms with Crippen molar-refractivity contribution in [2.75, 3.05) is 6.61 Å². The van der Waals surface area contributed by atoms with Crippen molar-refractivity contribution in [3.63, 3.8) is 0 Å². The van der Waals surface area contributed by atoms with E-state index in [0.717, 1.165) is 18.2 Å². The second-order valence-electron chi connectivity index (χ2n) is 4.64. The molecule has 124 valence electrons. The van der Waals surface area contributed by atoms with Crippen molar-refractivity contribution in [1.29, 1.82) is 0 Å². The molecule has 10 nitrogen and oxygen atoms in total. The van der Waals surface area contributed by atoms with E-state index in [1.165, 1.54) is 0 Å². The maximum Gasteiger partial charge on any atom is 0.307 e. The van der Waals surface area contributed by atoms with Gasteiger partial charge in [0.15, 0.2) is 0 Å². The molecule has 0 heterocycles. The summed E-state index contributed by atoms with van der Waals surface area (Å²) in [6.07, 6.45) is -0.0867. The van der Waals surface area contributed by atoms with Crippen LogP contribution < -0.4 is 5.32 Å². The number of benzene rings is 1. The molecule has 0 aliphatic heterocycles. The van der Waals surface area contributed by atoms with Gasteiger partial charge in [0.1, 0.15) is 0 Å². The lowest BCUT2D eigenvalue weighted by Gasteiger charge is -2.13. The molecule has 1 aromatic rings. The smallest absolute Gasteiger partial charge is 0.307 e. The van der Waals surface area contributed by atoms with Gasteiger partial charge in [-0.25, -0.2) is 0 Å². The van der Waals surface area contributed by atoms with Crippen LogP contribution in [0.3, 0.4) is 0 Å². The second kappa shape index (κ2) is 7.82. The van der Waals surface area contributed by atoms with Crippen molar-refractivity contribution < 1.29 is 24.2 Å². The number of nitrogens with zero attached hydrogens (tertiary/aromatic N) is 2. The lowest BCUT2D eigenvalue weighted by molar-refractivity contribution is -0.394. The number of amides is 1. The average molecular weight is 325 g/mol. The first kappa shape index (κ1) is 18.0. The van der Waals surface area contributed by atoms with Crippen LogP contribution in [0.2, 0.25) is 0 Å². The van der Waals surface area contributed by atoms with E-state index in [0.29, 0.717) is 0 Å². The number of nitrogens with one attached hydrogen (secondary N) is 1. The van der Waals surface area contributed by atoms with Gasteiger partial charge in [-0.3, -0.25) is 29.8 Å². The summed E-state index contributed by atoms with van der Waals surface area (Å²) in [4.78, 5) is 43.2. The normalized spacial score (nSPS) is 11.4. The third kappa shape index (κ3) is 5.34. The lowest BCUT2D eigenvalue weighted by atomic mass is 10.1. The Morgan fingerprint density at radius 1 is 1.17 bits per heavy atom. The molecule has 1 aromatic carbocycles. The molecule has 0 bridgehead atoms. The first-order valence-electron chi connectivity index (χ1n) is 6.65. The van der Waals surface area contributed by atoms with Gasteiger partial charge in [-0.1, -0.05) is 0 Å². The molecule has 1 amide bonds. The Kier molecular flexibility index (Phi) is 6.13. The lowest BCUT2D eigenvalue weighted by Crippen LogP contribution is -2.34. The number of nitro benzene ring substituents is 2. The van der Waals surface area contributed by atoms with Crippen LogP contribution in [0.4, 0.5) is 11.4 Å². The number of hydrogen-bond donors (Lipinski definition) is 1. The van der Waals surface area contributed by atoms with E-state index in [1.54, 1.807) is 13.8 Å². The Labute approximate surface area is 130 Å². The fourth-order valence-electron chi connectivity index (χ4n) is 1.77. The zero-order valence-corrected chi connectivity index (χ0v) is 12.5. The van der Waals surface area contributed by atoms with Gasteiger partial charge in [-0.05, 0) is 13.8 Å². The van der Waals surface area contributed by atoms with Gasteiger partial charge < -0.3 is 10.1 Å². The number of carbonyl (C=O) groups is 2. The van der Waals surface area contributed by atoms with E-state index >= 15 is 0 Å². The van der Waals surface area contributed by atoms with Crippen LogP contribution in [0, 0.1) is 20.2 Å². The minimum Gasteiger partial charge on any atom is -0.466 e. The molecule has 10 heteroatoms. The molecule has 0 aliphatic carbocycles. The maximum atomic E-state index is 12.0. The van der Waals surface area contributed by atoms with Crippen LogP contribution in [0.15, 0.2) is 18.2 Å². The van der Waals surface area contributed by atoms with Crippen molar-refractivity contribution in [2.24, 2.45) is 0 Å². The molecule has 0 saturated heterocycles. The van der Waals surface area contributed by atoms with Crippen LogP contribution in [-0.2, 0) is 9.53 Å². The quantitative estimate of drug-likeness (QED) is 0.455. The van der Waals surface area contributed by atoms with Gasteiger partial charge in [0.2, 0.25) is 0 Å². The molecule has 23 heavy (non-hydrogen) atoms. The van der Waals surface area contributed by atoms with Crippen LogP contribution in [0.1, 0.15) is 30.6 Å². The van der Waals surface area contributed by atoms with Gasteiger partial charge in [-0.15, -0.1) is 0 Å². The van der Waals surface area contributed by atoms with Crippen LogP contribution in [0.5, 0.6) is 0 Å². The zero-order chi connectivity index (χ0) is 17.6. The molecule has 0 spiro atoms. The van der Waals surface area contributed by atoms with Crippen molar-refractivity contribution in [2.45, 2.75) is 26.3 Å². The summed E-state index contributed by atoms with van der Waals surface area (Å²) >= 11 is 0. The average Bonchev–Trinajstić information content (AvgIpc) is 2.46. The van der Waals surface area contributed by atoms with Gasteiger partial charge in [0.05, 0.1) is 34.5 Å². The highest BCUT2D eigenvalue weighted by Gasteiger charge is 2.21. The van der Waals surface area contributed by atoms with Crippen molar-refractivity contribution in [1.82, 2.24) is 5.32 Å². The largest absolute Gasteiger partial charge is 0.466 e. The Bertz CT molecular complexity index is 612. The highest BCUT2D eigenvalue weighted by molar-refractivity contribution is 5.96. The predicted octanol–water partition coefficient (Wildman–Crippen LogP) is 1.57. The Morgan fingerprint density at radius 2 is 1.70 bits per heavy atom. The number of carbonyl (C=O) groups excluding carboxylic acids is 2. The summed E-state index contributed by atoms with van der Waals surface area (Å²) in [5, 5.41) is 24.0. The van der Waals surface area contributed by atoms with Gasteiger partial charge >= 0.3 is 5.97 Å². The summed E-state index contributed by atoms with van der Waals surface area (Å²) < 4.78 is 4.73. The Morgan fingerprint density at radius 3 is 2.13 bits per heavy atom. The van der Waals surface area contributed by atoms with Crippen LogP contribution in [0.25, 0.3) is 0 Å². The number of rotatable bonds is 7. The van der Waals surface area contributed by atoms with Crippen molar-refractivity contribution in [3.8, 4) is 0 Å². The highest BCUT2D eigenvalue weighted by Crippen LogP contribution is 2.22. The van der Waals surface area contributed by atoms with E-state index < -0.39 is 39.1 Å². The fourth-order valence-corrected chi connectivity index (χ4v) is 1.77. The Hall–Kier alpha value is -3.04. The highest BCUT2D eigenvalue weighted by atomic mass is 16.6. The molecule has 1 N–H and O–H groups in total. The standard InChI is InChI=1S/C13H15N3O7/c1-3-23-12(17)4-8(2)14-13(18)9-5-10(15(19)20)7-11(6-9)16(21)22/h5-8H,3-4H2,1-2H3,(H,14,18)/t8-/m1/s1. The molecular formula is C13H15N3O7. The number of non-ortho nitro benzene ring substituents is 2. The molecule has 1 atom stereocenters. The fraction of sp³-hybridized carbons (Fsp3) is 0.385. The molecule has 0 radical (unpaired) electrons. The summed E-state index contributed by atoms with van der Waals surface area (Å²) in [5.74, 6) is -1.26. The SMILES string of the molecule is CCOC(=O)C[C@@H](C)NC(=O)c1cc([N+](=O)[O-])cc([N+](=O)[O-])c1. The van der Waals surface area contributed by atoms with Crippen molar-refractivity contribution >= 4 is 23.3 Å². The number of nitro groups is 2. The molecule has 1 rings (SSSR count). The molecule has 0 saturated carbocycles. The summed E-state index contributed by atoms with van der Waals surface area (Å²) in [5.41, 5.74) is -1.37. The first-order chi connectivity index (χ1) is 10.7. The van der Waals surface area contributed by atoms with Gasteiger partial charge in [0, 0.05) is 18.2 Å². The zero-order valence-electron chi connectivity index (χ0n) is 12.5. The van der Waals surface area contributed by atoms with Gasteiger partial charge in [-0.2, -0.15) is 0 Å². The van der Waals surface area contributed by atoms with Crippen LogP contribution in [-0.4, -0.2) is 34.4 Å². The summed E-state index contributed by atoms with van der Waals surface area (Å²) in [6.45, 7) is 3.39. The molecule has 0 fully saturated rings. The predicted molar refractivity (Wildman–Crippen MR) is 77.9 cm³/mol. The van der Waals surface area contributed by atoms with E-state index in [2.05, 4.69) is 5.32 Å². The molecule has 0 aliphatic rings. The first-order valence-corrected chi connectivity index (χ1v) is 6.65. The van der Waals surface area contributed by atoms with E-state index in [1.807, 2.05) is 0 Å². The minimum absolute atomic E-state index is 0.0867. The third-order valence-electron chi connectivity index (χ3n) is 2.74. The summed E-state index contributed by atoms with van der Waals surface area (Å²) in [6, 6.07) is 2.03. The monoisotopic (exact) mass is 325 g/mol. The Balaban J connectivity index is 2.92. The van der Waals surface area contributed by atoms with E-state index in [-0.39, 0.29) is 18.6 Å². The second-order valence-corrected chi connectivity index (χ2v) is 4.64. The topological polar surface area (TPSA) is 142 Å². The molecule has 0 unspecified atom stereocenters. The number of hydrogen-bond acceptors (Lipinski definition) is 7. The molecular weight excluding hydrogens is 310 g/mol. The third-order valence-corrected chi connectivity index (χ3v) is 2.74. The van der Waals surface area contributed by atoms with Crippen molar-refractivity contribution in [3.05, 3.63) is 44.0 Å².